The lowest BCUT2D eigenvalue weighted by Gasteiger charge is -2.15. The number of hydrogen-bond acceptors (Lipinski definition) is 2. The van der Waals surface area contributed by atoms with Crippen molar-refractivity contribution < 1.29 is 22.3 Å². The molecule has 0 radical (unpaired) electrons. The van der Waals surface area contributed by atoms with Crippen molar-refractivity contribution in [3.05, 3.63) is 23.2 Å². The van der Waals surface area contributed by atoms with Gasteiger partial charge in [0.15, 0.2) is 0 Å². The lowest BCUT2D eigenvalue weighted by atomic mass is 10.2. The molecule has 17 heavy (non-hydrogen) atoms. The van der Waals surface area contributed by atoms with Crippen LogP contribution in [0.3, 0.4) is 0 Å². The van der Waals surface area contributed by atoms with Crippen LogP contribution >= 0.6 is 11.6 Å². The van der Waals surface area contributed by atoms with E-state index in [1.54, 1.807) is 0 Å². The molecule has 0 fully saturated rings. The number of alkyl halides is 4. The summed E-state index contributed by atoms with van der Waals surface area (Å²) in [5, 5.41) is 2.41. The largest absolute Gasteiger partial charge is 0.433 e. The molecule has 0 saturated heterocycles. The number of ether oxygens (including phenoxy) is 1. The van der Waals surface area contributed by atoms with E-state index in [2.05, 4.69) is 10.1 Å². The maximum Gasteiger partial charge on any atom is 0.387 e. The lowest BCUT2D eigenvalue weighted by molar-refractivity contribution is -0.0497. The molecule has 0 amide bonds. The van der Waals surface area contributed by atoms with Gasteiger partial charge in [-0.1, -0.05) is 11.6 Å². The molecule has 2 nitrogen and oxygen atoms in total. The summed E-state index contributed by atoms with van der Waals surface area (Å²) in [6.45, 7) is -1.69. The van der Waals surface area contributed by atoms with Crippen LogP contribution in [0.15, 0.2) is 18.2 Å². The molecule has 0 heterocycles. The first-order valence-electron chi connectivity index (χ1n) is 4.69. The average Bonchev–Trinajstić information content (AvgIpc) is 2.21. The van der Waals surface area contributed by atoms with E-state index in [-0.39, 0.29) is 10.8 Å². The standard InChI is InChI=1S/C10H10ClF4NO/c1-5(9(12)13)16-6-2-3-8(7(11)4-6)17-10(14)15/h2-5,9-10,16H,1H3. The molecule has 96 valence electrons. The summed E-state index contributed by atoms with van der Waals surface area (Å²) in [5.74, 6) is -0.197. The number of anilines is 1. The summed E-state index contributed by atoms with van der Waals surface area (Å²) in [4.78, 5) is 0. The van der Waals surface area contributed by atoms with Crippen LogP contribution in [0.2, 0.25) is 5.02 Å². The Morgan fingerprint density at radius 2 is 1.88 bits per heavy atom. The van der Waals surface area contributed by atoms with E-state index in [4.69, 9.17) is 11.6 Å². The van der Waals surface area contributed by atoms with E-state index >= 15 is 0 Å². The smallest absolute Gasteiger partial charge is 0.387 e. The molecule has 0 bridgehead atoms. The third-order valence-corrected chi connectivity index (χ3v) is 2.22. The van der Waals surface area contributed by atoms with Crippen molar-refractivity contribution >= 4 is 17.3 Å². The molecule has 1 aromatic rings. The summed E-state index contributed by atoms with van der Waals surface area (Å²) in [6, 6.07) is 2.71. The van der Waals surface area contributed by atoms with Crippen molar-refractivity contribution in [1.82, 2.24) is 0 Å². The van der Waals surface area contributed by atoms with Gasteiger partial charge in [0, 0.05) is 5.69 Å². The molecule has 0 aromatic heterocycles. The second-order valence-corrected chi connectivity index (χ2v) is 3.70. The van der Waals surface area contributed by atoms with Crippen LogP contribution in [0, 0.1) is 0 Å². The number of nitrogens with one attached hydrogen (secondary N) is 1. The van der Waals surface area contributed by atoms with E-state index in [9.17, 15) is 17.6 Å². The fraction of sp³-hybridized carbons (Fsp3) is 0.400. The molecule has 0 spiro atoms. The number of rotatable bonds is 5. The Labute approximate surface area is 101 Å². The fourth-order valence-electron chi connectivity index (χ4n) is 1.11. The van der Waals surface area contributed by atoms with Gasteiger partial charge in [-0.15, -0.1) is 0 Å². The molecule has 0 saturated carbocycles. The predicted molar refractivity (Wildman–Crippen MR) is 57.2 cm³/mol. The number of hydrogen-bond donors (Lipinski definition) is 1. The summed E-state index contributed by atoms with van der Waals surface area (Å²) in [5.41, 5.74) is 0.310. The molecule has 7 heteroatoms. The van der Waals surface area contributed by atoms with Crippen molar-refractivity contribution in [1.29, 1.82) is 0 Å². The van der Waals surface area contributed by atoms with Crippen molar-refractivity contribution in [2.45, 2.75) is 26.0 Å². The molecular weight excluding hydrogens is 262 g/mol. The lowest BCUT2D eigenvalue weighted by Crippen LogP contribution is -2.23. The first kappa shape index (κ1) is 13.9. The Hall–Kier alpha value is -1.17. The monoisotopic (exact) mass is 271 g/mol. The highest BCUT2D eigenvalue weighted by Gasteiger charge is 2.15. The number of benzene rings is 1. The van der Waals surface area contributed by atoms with Gasteiger partial charge in [0.05, 0.1) is 11.1 Å². The summed E-state index contributed by atoms with van der Waals surface area (Å²) in [6.07, 6.45) is -2.54. The molecule has 1 N–H and O–H groups in total. The Morgan fingerprint density at radius 3 is 2.35 bits per heavy atom. The quantitative estimate of drug-likeness (QED) is 0.817. The van der Waals surface area contributed by atoms with E-state index < -0.39 is 19.1 Å². The van der Waals surface area contributed by atoms with E-state index in [0.717, 1.165) is 0 Å². The molecule has 1 unspecified atom stereocenters. The molecule has 1 rings (SSSR count). The number of halogens is 5. The maximum atomic E-state index is 12.2. The van der Waals surface area contributed by atoms with Crippen LogP contribution in [-0.4, -0.2) is 19.1 Å². The van der Waals surface area contributed by atoms with Gasteiger partial charge in [0.2, 0.25) is 0 Å². The summed E-state index contributed by atoms with van der Waals surface area (Å²) < 4.78 is 52.4. The fourth-order valence-corrected chi connectivity index (χ4v) is 1.33. The van der Waals surface area contributed by atoms with Crippen LogP contribution < -0.4 is 10.1 Å². The van der Waals surface area contributed by atoms with Crippen molar-refractivity contribution in [2.24, 2.45) is 0 Å². The van der Waals surface area contributed by atoms with E-state index in [1.807, 2.05) is 0 Å². The highest BCUT2D eigenvalue weighted by molar-refractivity contribution is 6.32. The Balaban J connectivity index is 2.75. The van der Waals surface area contributed by atoms with Crippen LogP contribution in [-0.2, 0) is 0 Å². The minimum absolute atomic E-state index is 0.0724. The van der Waals surface area contributed by atoms with E-state index in [1.165, 1.54) is 25.1 Å². The van der Waals surface area contributed by atoms with Crippen molar-refractivity contribution in [3.8, 4) is 5.75 Å². The Bertz CT molecular complexity index is 375. The minimum atomic E-state index is -2.98. The highest BCUT2D eigenvalue weighted by Crippen LogP contribution is 2.29. The molecule has 1 atom stereocenters. The molecule has 0 aliphatic carbocycles. The zero-order valence-corrected chi connectivity index (χ0v) is 9.52. The van der Waals surface area contributed by atoms with Crippen LogP contribution in [0.1, 0.15) is 6.92 Å². The van der Waals surface area contributed by atoms with Gasteiger partial charge in [-0.2, -0.15) is 8.78 Å². The zero-order valence-electron chi connectivity index (χ0n) is 8.76. The molecular formula is C10H10ClF4NO. The SMILES string of the molecule is CC(Nc1ccc(OC(F)F)c(Cl)c1)C(F)F. The van der Waals surface area contributed by atoms with Gasteiger partial charge in [-0.3, -0.25) is 0 Å². The highest BCUT2D eigenvalue weighted by atomic mass is 35.5. The average molecular weight is 272 g/mol. The maximum absolute atomic E-state index is 12.2. The van der Waals surface area contributed by atoms with Gasteiger partial charge in [-0.05, 0) is 25.1 Å². The topological polar surface area (TPSA) is 21.3 Å². The van der Waals surface area contributed by atoms with E-state index in [0.29, 0.717) is 5.69 Å². The molecule has 0 aliphatic heterocycles. The molecule has 1 aromatic carbocycles. The van der Waals surface area contributed by atoms with Crippen molar-refractivity contribution in [2.75, 3.05) is 5.32 Å². The minimum Gasteiger partial charge on any atom is -0.433 e. The van der Waals surface area contributed by atoms with Crippen molar-refractivity contribution in [3.63, 3.8) is 0 Å². The van der Waals surface area contributed by atoms with Crippen LogP contribution in [0.25, 0.3) is 0 Å². The second kappa shape index (κ2) is 5.95. The van der Waals surface area contributed by atoms with Crippen LogP contribution in [0.4, 0.5) is 23.2 Å². The van der Waals surface area contributed by atoms with Gasteiger partial charge < -0.3 is 10.1 Å². The van der Waals surface area contributed by atoms with Gasteiger partial charge >= 0.3 is 6.61 Å². The zero-order chi connectivity index (χ0) is 13.0. The third-order valence-electron chi connectivity index (χ3n) is 1.92. The Kier molecular flexibility index (Phi) is 4.86. The van der Waals surface area contributed by atoms with Crippen LogP contribution in [0.5, 0.6) is 5.75 Å². The third kappa shape index (κ3) is 4.30. The first-order chi connectivity index (χ1) is 7.90. The van der Waals surface area contributed by atoms with Gasteiger partial charge in [-0.25, -0.2) is 8.78 Å². The van der Waals surface area contributed by atoms with Gasteiger partial charge in [0.25, 0.3) is 6.43 Å². The first-order valence-corrected chi connectivity index (χ1v) is 5.07. The summed E-state index contributed by atoms with van der Waals surface area (Å²) >= 11 is 5.65. The predicted octanol–water partition coefficient (Wildman–Crippen LogP) is 4.01. The molecule has 0 aliphatic rings. The second-order valence-electron chi connectivity index (χ2n) is 3.29. The summed E-state index contributed by atoms with van der Waals surface area (Å²) in [7, 11) is 0. The van der Waals surface area contributed by atoms with Gasteiger partial charge in [0.1, 0.15) is 5.75 Å². The normalized spacial score (nSPS) is 12.9. The Morgan fingerprint density at radius 1 is 1.24 bits per heavy atom.